The maximum absolute atomic E-state index is 2.41. The molecule has 0 aliphatic heterocycles. The lowest BCUT2D eigenvalue weighted by atomic mass is 10.0. The van der Waals surface area contributed by atoms with Crippen LogP contribution in [0.2, 0.25) is 0 Å². The monoisotopic (exact) mass is 718 g/mol. The maximum atomic E-state index is 2.41. The molecule has 0 amide bonds. The van der Waals surface area contributed by atoms with Gasteiger partial charge in [-0.1, -0.05) is 140 Å². The molecule has 2 nitrogen and oxygen atoms in total. The molecular weight excluding hydrogens is 685 g/mol. The zero-order chi connectivity index (χ0) is 36.3. The van der Waals surface area contributed by atoms with E-state index in [0.29, 0.717) is 0 Å². The highest BCUT2D eigenvalue weighted by atomic mass is 32.1. The first kappa shape index (κ1) is 31.6. The molecule has 0 aliphatic carbocycles. The Kier molecular flexibility index (Phi) is 7.39. The van der Waals surface area contributed by atoms with Crippen LogP contribution in [0.3, 0.4) is 0 Å². The maximum Gasteiger partial charge on any atom is 0.0640 e. The summed E-state index contributed by atoms with van der Waals surface area (Å²) in [4.78, 5) is 2.41. The second-order valence-electron chi connectivity index (χ2n) is 14.2. The normalized spacial score (nSPS) is 11.6. The zero-order valence-corrected chi connectivity index (χ0v) is 30.7. The van der Waals surface area contributed by atoms with Crippen molar-refractivity contribution in [1.82, 2.24) is 4.57 Å². The highest BCUT2D eigenvalue weighted by Crippen LogP contribution is 2.45. The van der Waals surface area contributed by atoms with E-state index in [1.54, 1.807) is 0 Å². The molecule has 0 radical (unpaired) electrons. The Balaban J connectivity index is 1.02. The number of nitrogens with zero attached hydrogens (tertiary/aromatic N) is 2. The summed E-state index contributed by atoms with van der Waals surface area (Å²) in [6, 6.07) is 75.1. The third-order valence-electron chi connectivity index (χ3n) is 11.0. The van der Waals surface area contributed by atoms with Gasteiger partial charge >= 0.3 is 0 Å². The summed E-state index contributed by atoms with van der Waals surface area (Å²) in [6.45, 7) is 0. The third-order valence-corrected chi connectivity index (χ3v) is 12.2. The minimum Gasteiger partial charge on any atom is -0.309 e. The SMILES string of the molecule is c1ccc(-c2ccc(N(c3ccc(-c4ccc5c(c4)c4ccccc4n5-c4ccc5ccccc5c4)cc3)c3cccc4c3sc3ccccc34)cc2)cc1. The van der Waals surface area contributed by atoms with E-state index in [4.69, 9.17) is 0 Å². The Bertz CT molecular complexity index is 3190. The number of thiophene rings is 1. The molecule has 0 saturated carbocycles. The van der Waals surface area contributed by atoms with Gasteiger partial charge in [0, 0.05) is 43.3 Å². The highest BCUT2D eigenvalue weighted by molar-refractivity contribution is 7.26. The number of anilines is 3. The minimum atomic E-state index is 1.12. The van der Waals surface area contributed by atoms with Crippen LogP contribution in [0.5, 0.6) is 0 Å². The van der Waals surface area contributed by atoms with Gasteiger partial charge in [0.05, 0.1) is 21.4 Å². The summed E-state index contributed by atoms with van der Waals surface area (Å²) >= 11 is 1.87. The third kappa shape index (κ3) is 5.32. The highest BCUT2D eigenvalue weighted by Gasteiger charge is 2.19. The number of benzene rings is 9. The van der Waals surface area contributed by atoms with E-state index >= 15 is 0 Å². The topological polar surface area (TPSA) is 8.17 Å². The van der Waals surface area contributed by atoms with Crippen molar-refractivity contribution in [3.05, 3.63) is 206 Å². The van der Waals surface area contributed by atoms with Crippen molar-refractivity contribution < 1.29 is 0 Å². The molecule has 0 atom stereocenters. The molecule has 0 saturated heterocycles. The smallest absolute Gasteiger partial charge is 0.0640 e. The van der Waals surface area contributed by atoms with Crippen molar-refractivity contribution in [1.29, 1.82) is 0 Å². The van der Waals surface area contributed by atoms with Crippen molar-refractivity contribution in [2.24, 2.45) is 0 Å². The van der Waals surface area contributed by atoms with Gasteiger partial charge in [-0.15, -0.1) is 11.3 Å². The summed E-state index contributed by atoms with van der Waals surface area (Å²) < 4.78 is 4.99. The Morgan fingerprint density at radius 3 is 1.76 bits per heavy atom. The van der Waals surface area contributed by atoms with Crippen molar-refractivity contribution in [2.45, 2.75) is 0 Å². The van der Waals surface area contributed by atoms with Gasteiger partial charge in [0.25, 0.3) is 0 Å². The van der Waals surface area contributed by atoms with Crippen LogP contribution in [0.1, 0.15) is 0 Å². The van der Waals surface area contributed by atoms with Gasteiger partial charge in [-0.3, -0.25) is 0 Å². The molecule has 2 heterocycles. The van der Waals surface area contributed by atoms with Crippen LogP contribution in [-0.2, 0) is 0 Å². The second-order valence-corrected chi connectivity index (χ2v) is 15.2. The molecular formula is C52H34N2S. The molecule has 2 aromatic heterocycles. The molecule has 11 aromatic rings. The van der Waals surface area contributed by atoms with Crippen LogP contribution in [0.15, 0.2) is 206 Å². The zero-order valence-electron chi connectivity index (χ0n) is 29.9. The fourth-order valence-electron chi connectivity index (χ4n) is 8.32. The van der Waals surface area contributed by atoms with E-state index in [-0.39, 0.29) is 0 Å². The Labute approximate surface area is 323 Å². The molecule has 0 bridgehead atoms. The summed E-state index contributed by atoms with van der Waals surface area (Å²) in [6.07, 6.45) is 0. The van der Waals surface area contributed by atoms with Gasteiger partial charge in [-0.05, 0) is 99.8 Å². The first-order chi connectivity index (χ1) is 27.3. The first-order valence-corrected chi connectivity index (χ1v) is 19.6. The summed E-state index contributed by atoms with van der Waals surface area (Å²) in [5, 5.41) is 7.59. The van der Waals surface area contributed by atoms with Crippen molar-refractivity contribution in [3.63, 3.8) is 0 Å². The van der Waals surface area contributed by atoms with Crippen LogP contribution in [0.4, 0.5) is 17.1 Å². The molecule has 55 heavy (non-hydrogen) atoms. The van der Waals surface area contributed by atoms with E-state index in [0.717, 1.165) is 11.4 Å². The van der Waals surface area contributed by atoms with Crippen LogP contribution in [0, 0.1) is 0 Å². The molecule has 258 valence electrons. The number of fused-ring (bicyclic) bond motifs is 7. The van der Waals surface area contributed by atoms with E-state index < -0.39 is 0 Å². The molecule has 3 heteroatoms. The van der Waals surface area contributed by atoms with Crippen LogP contribution in [-0.4, -0.2) is 4.57 Å². The average Bonchev–Trinajstić information content (AvgIpc) is 3.81. The van der Waals surface area contributed by atoms with E-state index in [1.165, 1.54) is 86.4 Å². The Morgan fingerprint density at radius 2 is 0.964 bits per heavy atom. The summed E-state index contributed by atoms with van der Waals surface area (Å²) in [7, 11) is 0. The van der Waals surface area contributed by atoms with E-state index in [2.05, 4.69) is 216 Å². The van der Waals surface area contributed by atoms with Crippen LogP contribution in [0.25, 0.3) is 80.7 Å². The van der Waals surface area contributed by atoms with E-state index in [1.807, 2.05) is 11.3 Å². The predicted octanol–water partition coefficient (Wildman–Crippen LogP) is 15.1. The fraction of sp³-hybridized carbons (Fsp3) is 0. The van der Waals surface area contributed by atoms with Gasteiger partial charge in [0.15, 0.2) is 0 Å². The van der Waals surface area contributed by atoms with Gasteiger partial charge < -0.3 is 9.47 Å². The fourth-order valence-corrected chi connectivity index (χ4v) is 9.52. The van der Waals surface area contributed by atoms with Gasteiger partial charge in [0.2, 0.25) is 0 Å². The lowest BCUT2D eigenvalue weighted by molar-refractivity contribution is 1.19. The average molecular weight is 719 g/mol. The molecule has 0 N–H and O–H groups in total. The first-order valence-electron chi connectivity index (χ1n) is 18.8. The van der Waals surface area contributed by atoms with Gasteiger partial charge in [0.1, 0.15) is 0 Å². The number of para-hydroxylation sites is 1. The summed E-state index contributed by atoms with van der Waals surface area (Å²) in [5.41, 5.74) is 11.8. The van der Waals surface area contributed by atoms with Crippen molar-refractivity contribution in [2.75, 3.05) is 4.90 Å². The molecule has 0 fully saturated rings. The predicted molar refractivity (Wildman–Crippen MR) is 237 cm³/mol. The molecule has 0 spiro atoms. The Morgan fingerprint density at radius 1 is 0.364 bits per heavy atom. The lowest BCUT2D eigenvalue weighted by Gasteiger charge is -2.26. The number of hydrogen-bond acceptors (Lipinski definition) is 2. The molecule has 0 aliphatic rings. The van der Waals surface area contributed by atoms with Crippen molar-refractivity contribution >= 4 is 81.1 Å². The van der Waals surface area contributed by atoms with Gasteiger partial charge in [-0.25, -0.2) is 0 Å². The minimum absolute atomic E-state index is 1.12. The standard InChI is InChI=1S/C52H34N2S/c1-2-11-35(12-3-1)37-21-27-41(28-22-37)53(50-19-10-17-46-45-16-7-9-20-51(45)55-52(46)50)42-29-23-38(24-30-42)40-26-32-49-47(34-40)44-15-6-8-18-48(44)54(49)43-31-25-36-13-4-5-14-39(36)33-43/h1-34H. The summed E-state index contributed by atoms with van der Waals surface area (Å²) in [5.74, 6) is 0. The second kappa shape index (κ2) is 12.9. The van der Waals surface area contributed by atoms with Gasteiger partial charge in [-0.2, -0.15) is 0 Å². The van der Waals surface area contributed by atoms with Crippen LogP contribution >= 0.6 is 11.3 Å². The van der Waals surface area contributed by atoms with E-state index in [9.17, 15) is 0 Å². The van der Waals surface area contributed by atoms with Crippen LogP contribution < -0.4 is 4.90 Å². The molecule has 0 unspecified atom stereocenters. The quantitative estimate of drug-likeness (QED) is 0.166. The number of hydrogen-bond donors (Lipinski definition) is 0. The van der Waals surface area contributed by atoms with Crippen molar-refractivity contribution in [3.8, 4) is 27.9 Å². The Hall–Kier alpha value is -6.94. The number of rotatable bonds is 6. The lowest BCUT2D eigenvalue weighted by Crippen LogP contribution is -2.10. The molecule has 9 aromatic carbocycles. The number of aromatic nitrogens is 1. The largest absolute Gasteiger partial charge is 0.309 e. The molecule has 11 rings (SSSR count).